The zero-order chi connectivity index (χ0) is 25.3. The lowest BCUT2D eigenvalue weighted by molar-refractivity contribution is -0.147. The van der Waals surface area contributed by atoms with Crippen molar-refractivity contribution in [3.8, 4) is 5.75 Å². The molecule has 1 atom stereocenters. The molecule has 1 aliphatic heterocycles. The molecule has 1 heterocycles. The highest BCUT2D eigenvalue weighted by atomic mass is 16.5. The van der Waals surface area contributed by atoms with Gasteiger partial charge in [-0.2, -0.15) is 0 Å². The lowest BCUT2D eigenvalue weighted by atomic mass is 10.1. The molecule has 1 N–H and O–H groups in total. The van der Waals surface area contributed by atoms with Gasteiger partial charge in [0, 0.05) is 13.1 Å². The predicted molar refractivity (Wildman–Crippen MR) is 137 cm³/mol. The van der Waals surface area contributed by atoms with E-state index in [0.717, 1.165) is 25.7 Å². The first-order valence-electron chi connectivity index (χ1n) is 13.5. The second kappa shape index (κ2) is 17.0. The summed E-state index contributed by atoms with van der Waals surface area (Å²) < 4.78 is 11.1. The van der Waals surface area contributed by atoms with Crippen LogP contribution in [-0.2, 0) is 14.3 Å². The molecule has 1 fully saturated rings. The van der Waals surface area contributed by atoms with E-state index >= 15 is 0 Å². The van der Waals surface area contributed by atoms with Gasteiger partial charge in [-0.1, -0.05) is 83.8 Å². The Hall–Kier alpha value is -2.57. The predicted octanol–water partition coefficient (Wildman–Crippen LogP) is 5.27. The number of esters is 1. The molecule has 2 amide bonds. The molecular formula is C28H44N2O5. The number of nitrogens with one attached hydrogen (secondary N) is 1. The Morgan fingerprint density at radius 3 is 2.26 bits per heavy atom. The van der Waals surface area contributed by atoms with Gasteiger partial charge in [0.15, 0.2) is 0 Å². The van der Waals surface area contributed by atoms with Crippen LogP contribution in [-0.4, -0.2) is 55.0 Å². The molecule has 1 aromatic carbocycles. The number of hydrogen-bond acceptors (Lipinski definition) is 5. The highest BCUT2D eigenvalue weighted by Gasteiger charge is 2.36. The quantitative estimate of drug-likeness (QED) is 0.238. The Bertz CT molecular complexity index is 782. The van der Waals surface area contributed by atoms with Crippen LogP contribution in [0, 0.1) is 0 Å². The van der Waals surface area contributed by atoms with Crippen LogP contribution in [0.3, 0.4) is 0 Å². The van der Waals surface area contributed by atoms with Gasteiger partial charge < -0.3 is 19.7 Å². The maximum Gasteiger partial charge on any atom is 0.308 e. The molecule has 35 heavy (non-hydrogen) atoms. The molecule has 7 heteroatoms. The molecule has 0 saturated carbocycles. The van der Waals surface area contributed by atoms with E-state index in [0.29, 0.717) is 37.6 Å². The van der Waals surface area contributed by atoms with Crippen molar-refractivity contribution in [2.75, 3.05) is 26.3 Å². The number of carbonyl (C=O) groups excluding carboxylic acids is 3. The van der Waals surface area contributed by atoms with Crippen molar-refractivity contribution in [2.45, 2.75) is 96.9 Å². The number of amides is 2. The van der Waals surface area contributed by atoms with E-state index in [1.165, 1.54) is 49.8 Å². The van der Waals surface area contributed by atoms with Gasteiger partial charge in [0.05, 0.1) is 25.2 Å². The molecule has 0 aliphatic carbocycles. The van der Waals surface area contributed by atoms with Crippen LogP contribution in [0.15, 0.2) is 24.3 Å². The minimum absolute atomic E-state index is 0.146. The van der Waals surface area contributed by atoms with Crippen molar-refractivity contribution in [1.29, 1.82) is 0 Å². The topological polar surface area (TPSA) is 84.9 Å². The van der Waals surface area contributed by atoms with E-state index < -0.39 is 12.0 Å². The van der Waals surface area contributed by atoms with Gasteiger partial charge in [0.2, 0.25) is 5.91 Å². The lowest BCUT2D eigenvalue weighted by Crippen LogP contribution is -2.57. The minimum Gasteiger partial charge on any atom is -0.493 e. The van der Waals surface area contributed by atoms with Crippen LogP contribution in [0.4, 0.5) is 0 Å². The highest BCUT2D eigenvalue weighted by molar-refractivity contribution is 6.01. The SMILES string of the molecule is CCCCCCCCCCCCOC(=O)CC1C(=O)NCCN1C(=O)c1ccccc1OCCC. The highest BCUT2D eigenvalue weighted by Crippen LogP contribution is 2.23. The van der Waals surface area contributed by atoms with Gasteiger partial charge in [0.1, 0.15) is 11.8 Å². The molecule has 1 aliphatic rings. The Morgan fingerprint density at radius 1 is 0.914 bits per heavy atom. The molecular weight excluding hydrogens is 444 g/mol. The van der Waals surface area contributed by atoms with E-state index in [9.17, 15) is 14.4 Å². The fourth-order valence-electron chi connectivity index (χ4n) is 4.29. The third kappa shape index (κ3) is 10.3. The summed E-state index contributed by atoms with van der Waals surface area (Å²) in [6.07, 6.45) is 12.8. The van der Waals surface area contributed by atoms with Crippen LogP contribution in [0.5, 0.6) is 5.75 Å². The second-order valence-corrected chi connectivity index (χ2v) is 9.26. The molecule has 1 aromatic rings. The van der Waals surface area contributed by atoms with Crippen LogP contribution in [0.1, 0.15) is 101 Å². The van der Waals surface area contributed by atoms with Crippen molar-refractivity contribution in [3.63, 3.8) is 0 Å². The van der Waals surface area contributed by atoms with E-state index in [-0.39, 0.29) is 18.2 Å². The van der Waals surface area contributed by atoms with Crippen molar-refractivity contribution >= 4 is 17.8 Å². The summed E-state index contributed by atoms with van der Waals surface area (Å²) >= 11 is 0. The van der Waals surface area contributed by atoms with Crippen LogP contribution in [0.25, 0.3) is 0 Å². The summed E-state index contributed by atoms with van der Waals surface area (Å²) in [5.41, 5.74) is 0.402. The zero-order valence-corrected chi connectivity index (χ0v) is 21.7. The fraction of sp³-hybridized carbons (Fsp3) is 0.679. The normalized spacial score (nSPS) is 15.5. The number of unbranched alkanes of at least 4 members (excludes halogenated alkanes) is 9. The van der Waals surface area contributed by atoms with E-state index in [2.05, 4.69) is 12.2 Å². The average molecular weight is 489 g/mol. The fourth-order valence-corrected chi connectivity index (χ4v) is 4.29. The largest absolute Gasteiger partial charge is 0.493 e. The van der Waals surface area contributed by atoms with E-state index in [4.69, 9.17) is 9.47 Å². The summed E-state index contributed by atoms with van der Waals surface area (Å²) in [4.78, 5) is 39.8. The standard InChI is InChI=1S/C28H44N2O5/c1-3-5-6-7-8-9-10-11-12-15-21-35-26(31)22-24-27(32)29-18-19-30(24)28(33)23-16-13-14-17-25(23)34-20-4-2/h13-14,16-17,24H,3-12,15,18-22H2,1-2H3,(H,29,32). The number of hydrogen-bond donors (Lipinski definition) is 1. The van der Waals surface area contributed by atoms with Crippen LogP contribution >= 0.6 is 0 Å². The number of piperazine rings is 1. The Morgan fingerprint density at radius 2 is 1.57 bits per heavy atom. The third-order valence-corrected chi connectivity index (χ3v) is 6.29. The van der Waals surface area contributed by atoms with Gasteiger partial charge in [-0.3, -0.25) is 14.4 Å². The number of rotatable bonds is 17. The maximum absolute atomic E-state index is 13.3. The van der Waals surface area contributed by atoms with Crippen LogP contribution in [0.2, 0.25) is 0 Å². The molecule has 196 valence electrons. The summed E-state index contributed by atoms with van der Waals surface area (Å²) in [7, 11) is 0. The first-order valence-corrected chi connectivity index (χ1v) is 13.5. The molecule has 0 spiro atoms. The smallest absolute Gasteiger partial charge is 0.308 e. The molecule has 0 bridgehead atoms. The van der Waals surface area contributed by atoms with Crippen molar-refractivity contribution < 1.29 is 23.9 Å². The lowest BCUT2D eigenvalue weighted by Gasteiger charge is -2.34. The Kier molecular flexibility index (Phi) is 13.9. The minimum atomic E-state index is -0.879. The number of carbonyl (C=O) groups is 3. The maximum atomic E-state index is 13.3. The average Bonchev–Trinajstić information content (AvgIpc) is 2.87. The number of benzene rings is 1. The number of ether oxygens (including phenoxy) is 2. The number of nitrogens with zero attached hydrogens (tertiary/aromatic N) is 1. The van der Waals surface area contributed by atoms with E-state index in [1.54, 1.807) is 18.2 Å². The summed E-state index contributed by atoms with van der Waals surface area (Å²) in [6.45, 7) is 5.77. The molecule has 1 saturated heterocycles. The molecule has 2 rings (SSSR count). The Balaban J connectivity index is 1.77. The van der Waals surface area contributed by atoms with Crippen molar-refractivity contribution in [2.24, 2.45) is 0 Å². The summed E-state index contributed by atoms with van der Waals surface area (Å²) in [5, 5.41) is 2.76. The zero-order valence-electron chi connectivity index (χ0n) is 21.7. The van der Waals surface area contributed by atoms with Gasteiger partial charge in [0.25, 0.3) is 5.91 Å². The van der Waals surface area contributed by atoms with Crippen molar-refractivity contribution in [3.05, 3.63) is 29.8 Å². The van der Waals surface area contributed by atoms with Crippen molar-refractivity contribution in [1.82, 2.24) is 10.2 Å². The van der Waals surface area contributed by atoms with Crippen LogP contribution < -0.4 is 10.1 Å². The molecule has 1 unspecified atom stereocenters. The monoisotopic (exact) mass is 488 g/mol. The molecule has 0 aromatic heterocycles. The van der Waals surface area contributed by atoms with Gasteiger partial charge in [-0.15, -0.1) is 0 Å². The number of para-hydroxylation sites is 1. The van der Waals surface area contributed by atoms with E-state index in [1.807, 2.05) is 13.0 Å². The third-order valence-electron chi connectivity index (χ3n) is 6.29. The Labute approximate surface area is 210 Å². The first kappa shape index (κ1) is 28.7. The van der Waals surface area contributed by atoms with Gasteiger partial charge in [-0.25, -0.2) is 0 Å². The summed E-state index contributed by atoms with van der Waals surface area (Å²) in [6, 6.07) is 6.15. The first-order chi connectivity index (χ1) is 17.1. The molecule has 7 nitrogen and oxygen atoms in total. The molecule has 0 radical (unpaired) electrons. The second-order valence-electron chi connectivity index (χ2n) is 9.26. The van der Waals surface area contributed by atoms with Gasteiger partial charge in [-0.05, 0) is 25.0 Å². The van der Waals surface area contributed by atoms with Gasteiger partial charge >= 0.3 is 5.97 Å². The summed E-state index contributed by atoms with van der Waals surface area (Å²) in [5.74, 6) is -0.588.